The first-order valence-electron chi connectivity index (χ1n) is 11.2. The number of carbonyl (C=O) groups excluding carboxylic acids is 1. The van der Waals surface area contributed by atoms with Crippen LogP contribution in [0, 0.1) is 18.8 Å². The van der Waals surface area contributed by atoms with E-state index in [9.17, 15) is 4.79 Å². The number of anilines is 1. The van der Waals surface area contributed by atoms with E-state index < -0.39 is 0 Å². The predicted molar refractivity (Wildman–Crippen MR) is 118 cm³/mol. The van der Waals surface area contributed by atoms with Crippen molar-refractivity contribution < 1.29 is 9.32 Å². The smallest absolute Gasteiger partial charge is 0.225 e. The number of hydrogen-bond acceptors (Lipinski definition) is 6. The Morgan fingerprint density at radius 1 is 1.23 bits per heavy atom. The second kappa shape index (κ2) is 10.0. The molecule has 1 saturated carbocycles. The van der Waals surface area contributed by atoms with E-state index in [0.29, 0.717) is 17.8 Å². The second-order valence-corrected chi connectivity index (χ2v) is 8.67. The van der Waals surface area contributed by atoms with Gasteiger partial charge in [0.05, 0.1) is 17.0 Å². The molecule has 2 heterocycles. The summed E-state index contributed by atoms with van der Waals surface area (Å²) in [7, 11) is 3.91. The summed E-state index contributed by atoms with van der Waals surface area (Å²) in [6.07, 6.45) is 7.94. The average molecular weight is 414 g/mol. The van der Waals surface area contributed by atoms with Gasteiger partial charge in [0.25, 0.3) is 0 Å². The van der Waals surface area contributed by atoms with E-state index in [2.05, 4.69) is 29.3 Å². The molecule has 1 amide bonds. The van der Waals surface area contributed by atoms with E-state index in [1.54, 1.807) is 0 Å². The number of aromatic nitrogens is 3. The van der Waals surface area contributed by atoms with Crippen LogP contribution in [0.4, 0.5) is 5.95 Å². The van der Waals surface area contributed by atoms with Crippen molar-refractivity contribution in [1.29, 1.82) is 0 Å². The van der Waals surface area contributed by atoms with Gasteiger partial charge in [-0.1, -0.05) is 19.0 Å². The van der Waals surface area contributed by atoms with Gasteiger partial charge in [-0.15, -0.1) is 0 Å². The molecule has 30 heavy (non-hydrogen) atoms. The molecule has 0 atom stereocenters. The monoisotopic (exact) mass is 413 g/mol. The Bertz CT molecular complexity index is 836. The van der Waals surface area contributed by atoms with E-state index in [-0.39, 0.29) is 11.8 Å². The van der Waals surface area contributed by atoms with E-state index in [0.717, 1.165) is 67.8 Å². The Morgan fingerprint density at radius 2 is 1.93 bits per heavy atom. The molecule has 3 rings (SSSR count). The van der Waals surface area contributed by atoms with Crippen molar-refractivity contribution >= 4 is 11.9 Å². The van der Waals surface area contributed by atoms with Gasteiger partial charge >= 0.3 is 0 Å². The van der Waals surface area contributed by atoms with Crippen molar-refractivity contribution in [1.82, 2.24) is 20.4 Å². The molecule has 0 radical (unpaired) electrons. The van der Waals surface area contributed by atoms with Crippen LogP contribution in [0.3, 0.4) is 0 Å². The lowest BCUT2D eigenvalue weighted by atomic mass is 9.79. The fraction of sp³-hybridized carbons (Fsp3) is 0.652. The average Bonchev–Trinajstić information content (AvgIpc) is 3.19. The molecule has 0 unspecified atom stereocenters. The lowest BCUT2D eigenvalue weighted by Gasteiger charge is -2.29. The molecule has 2 aromatic heterocycles. The van der Waals surface area contributed by atoms with Gasteiger partial charge in [0, 0.05) is 44.7 Å². The third kappa shape index (κ3) is 5.18. The van der Waals surface area contributed by atoms with Gasteiger partial charge in [-0.2, -0.15) is 0 Å². The maximum Gasteiger partial charge on any atom is 0.225 e. The largest absolute Gasteiger partial charge is 0.356 e. The Balaban J connectivity index is 1.68. The number of rotatable bonds is 8. The van der Waals surface area contributed by atoms with Crippen molar-refractivity contribution in [2.24, 2.45) is 11.8 Å². The quantitative estimate of drug-likeness (QED) is 0.693. The maximum absolute atomic E-state index is 12.3. The molecule has 1 fully saturated rings. The SMILES string of the molecule is CCC(CC)C(=O)NCC1CCC(c2nc(N(C)C)ncc2-c2cc(C)no2)CC1. The summed E-state index contributed by atoms with van der Waals surface area (Å²) in [4.78, 5) is 23.6. The van der Waals surface area contributed by atoms with Crippen LogP contribution in [-0.4, -0.2) is 41.7 Å². The number of carbonyl (C=O) groups is 1. The minimum Gasteiger partial charge on any atom is -0.356 e. The van der Waals surface area contributed by atoms with Gasteiger partial charge in [0.15, 0.2) is 5.76 Å². The van der Waals surface area contributed by atoms with Gasteiger partial charge in [-0.3, -0.25) is 4.79 Å². The first-order valence-corrected chi connectivity index (χ1v) is 11.2. The van der Waals surface area contributed by atoms with Crippen LogP contribution >= 0.6 is 0 Å². The Morgan fingerprint density at radius 3 is 2.50 bits per heavy atom. The molecule has 7 nitrogen and oxygen atoms in total. The van der Waals surface area contributed by atoms with Crippen LogP contribution in [0.2, 0.25) is 0 Å². The standard InChI is InChI=1S/C23H35N5O2/c1-6-17(7-2)22(29)24-13-16-8-10-18(11-9-16)21-19(20-12-15(3)27-30-20)14-25-23(26-21)28(4)5/h12,14,16-18H,6-11,13H2,1-5H3,(H,24,29). The van der Waals surface area contributed by atoms with Crippen LogP contribution in [0.25, 0.3) is 11.3 Å². The number of nitrogens with zero attached hydrogens (tertiary/aromatic N) is 4. The van der Waals surface area contributed by atoms with Crippen LogP contribution in [-0.2, 0) is 4.79 Å². The fourth-order valence-electron chi connectivity index (χ4n) is 4.28. The number of hydrogen-bond donors (Lipinski definition) is 1. The second-order valence-electron chi connectivity index (χ2n) is 8.67. The van der Waals surface area contributed by atoms with Crippen molar-refractivity contribution in [3.63, 3.8) is 0 Å². The fourth-order valence-corrected chi connectivity index (χ4v) is 4.28. The summed E-state index contributed by atoms with van der Waals surface area (Å²) in [6, 6.07) is 1.94. The van der Waals surface area contributed by atoms with Crippen LogP contribution < -0.4 is 10.2 Å². The Hall–Kier alpha value is -2.44. The van der Waals surface area contributed by atoms with Gasteiger partial charge < -0.3 is 14.7 Å². The molecule has 1 aliphatic rings. The molecular formula is C23H35N5O2. The third-order valence-corrected chi connectivity index (χ3v) is 6.25. The minimum atomic E-state index is 0.139. The topological polar surface area (TPSA) is 84.2 Å². The van der Waals surface area contributed by atoms with E-state index >= 15 is 0 Å². The predicted octanol–water partition coefficient (Wildman–Crippen LogP) is 4.33. The molecule has 0 spiro atoms. The molecule has 164 valence electrons. The minimum absolute atomic E-state index is 0.139. The molecule has 0 aromatic carbocycles. The summed E-state index contributed by atoms with van der Waals surface area (Å²) in [5.74, 6) is 2.68. The summed E-state index contributed by atoms with van der Waals surface area (Å²) in [5, 5.41) is 7.22. The highest BCUT2D eigenvalue weighted by Crippen LogP contribution is 2.39. The van der Waals surface area contributed by atoms with Crippen molar-refractivity contribution in [2.75, 3.05) is 25.5 Å². The van der Waals surface area contributed by atoms with Crippen molar-refractivity contribution in [2.45, 2.75) is 65.2 Å². The molecule has 2 aromatic rings. The zero-order valence-corrected chi connectivity index (χ0v) is 18.9. The highest BCUT2D eigenvalue weighted by molar-refractivity contribution is 5.78. The zero-order valence-electron chi connectivity index (χ0n) is 18.9. The van der Waals surface area contributed by atoms with Gasteiger partial charge in [-0.25, -0.2) is 9.97 Å². The molecular weight excluding hydrogens is 378 g/mol. The van der Waals surface area contributed by atoms with Crippen LogP contribution in [0.15, 0.2) is 16.8 Å². The summed E-state index contributed by atoms with van der Waals surface area (Å²) in [5.41, 5.74) is 2.83. The number of nitrogens with one attached hydrogen (secondary N) is 1. The normalized spacial score (nSPS) is 19.1. The zero-order chi connectivity index (χ0) is 21.7. The third-order valence-electron chi connectivity index (χ3n) is 6.25. The summed E-state index contributed by atoms with van der Waals surface area (Å²) in [6.45, 7) is 6.86. The number of aryl methyl sites for hydroxylation is 1. The first-order chi connectivity index (χ1) is 14.4. The van der Waals surface area contributed by atoms with Crippen molar-refractivity contribution in [3.05, 3.63) is 23.7 Å². The molecule has 0 aliphatic heterocycles. The highest BCUT2D eigenvalue weighted by atomic mass is 16.5. The molecule has 1 aliphatic carbocycles. The molecule has 1 N–H and O–H groups in total. The lowest BCUT2D eigenvalue weighted by molar-refractivity contribution is -0.125. The van der Waals surface area contributed by atoms with E-state index in [1.807, 2.05) is 38.2 Å². The number of amides is 1. The highest BCUT2D eigenvalue weighted by Gasteiger charge is 2.28. The maximum atomic E-state index is 12.3. The summed E-state index contributed by atoms with van der Waals surface area (Å²) >= 11 is 0. The van der Waals surface area contributed by atoms with Crippen molar-refractivity contribution in [3.8, 4) is 11.3 Å². The Kier molecular flexibility index (Phi) is 7.45. The lowest BCUT2D eigenvalue weighted by Crippen LogP contribution is -2.35. The van der Waals surface area contributed by atoms with Gasteiger partial charge in [0.1, 0.15) is 0 Å². The summed E-state index contributed by atoms with van der Waals surface area (Å²) < 4.78 is 5.52. The molecule has 0 saturated heterocycles. The Labute approximate surface area is 179 Å². The molecule has 0 bridgehead atoms. The van der Waals surface area contributed by atoms with Crippen LogP contribution in [0.1, 0.15) is 69.7 Å². The van der Waals surface area contributed by atoms with Gasteiger partial charge in [-0.05, 0) is 51.4 Å². The van der Waals surface area contributed by atoms with E-state index in [1.165, 1.54) is 0 Å². The van der Waals surface area contributed by atoms with Crippen LogP contribution in [0.5, 0.6) is 0 Å². The first kappa shape index (κ1) is 22.2. The molecule has 7 heteroatoms. The van der Waals surface area contributed by atoms with E-state index in [4.69, 9.17) is 9.51 Å². The van der Waals surface area contributed by atoms with Gasteiger partial charge in [0.2, 0.25) is 11.9 Å².